The van der Waals surface area contributed by atoms with E-state index < -0.39 is 0 Å². The summed E-state index contributed by atoms with van der Waals surface area (Å²) < 4.78 is 9.19. The van der Waals surface area contributed by atoms with Gasteiger partial charge in [-0.05, 0) is 35.6 Å². The van der Waals surface area contributed by atoms with E-state index >= 15 is 0 Å². The molecule has 1 spiro atoms. The van der Waals surface area contributed by atoms with Gasteiger partial charge in [0, 0.05) is 30.2 Å². The third kappa shape index (κ3) is 1.54. The van der Waals surface area contributed by atoms with Crippen molar-refractivity contribution in [2.75, 3.05) is 6.54 Å². The van der Waals surface area contributed by atoms with Gasteiger partial charge in [0.25, 0.3) is 0 Å². The van der Waals surface area contributed by atoms with Crippen LogP contribution in [0.5, 0.6) is 0 Å². The molecule has 1 heterocycles. The summed E-state index contributed by atoms with van der Waals surface area (Å²) in [4.78, 5) is 0. The second kappa shape index (κ2) is 3.47. The van der Waals surface area contributed by atoms with E-state index in [1.807, 2.05) is 0 Å². The molecule has 1 aromatic rings. The van der Waals surface area contributed by atoms with Crippen LogP contribution in [0.15, 0.2) is 16.6 Å². The molecule has 1 unspecified atom stereocenters. The summed E-state index contributed by atoms with van der Waals surface area (Å²) in [7, 11) is 0. The van der Waals surface area contributed by atoms with E-state index in [1.54, 1.807) is 0 Å². The maximum absolute atomic E-state index is 8.05. The monoisotopic (exact) mass is 286 g/mol. The van der Waals surface area contributed by atoms with Gasteiger partial charge in [-0.2, -0.15) is 0 Å². The van der Waals surface area contributed by atoms with Crippen LogP contribution in [0.1, 0.15) is 30.9 Å². The SMILES string of the molecule is [2H]C1NCC2(CC2)c2c(Br)cc(CCl)cc21. The first-order valence-electron chi connectivity index (χ1n) is 5.78. The molecule has 1 fully saturated rings. The number of alkyl halides is 1. The highest BCUT2D eigenvalue weighted by molar-refractivity contribution is 9.10. The molecule has 1 N–H and O–H groups in total. The van der Waals surface area contributed by atoms with Crippen molar-refractivity contribution < 1.29 is 1.37 Å². The Balaban J connectivity index is 2.19. The predicted octanol–water partition coefficient (Wildman–Crippen LogP) is 3.32. The van der Waals surface area contributed by atoms with Crippen LogP contribution in [0.4, 0.5) is 0 Å². The van der Waals surface area contributed by atoms with Gasteiger partial charge in [-0.3, -0.25) is 0 Å². The van der Waals surface area contributed by atoms with E-state index in [9.17, 15) is 0 Å². The summed E-state index contributed by atoms with van der Waals surface area (Å²) in [5.74, 6) is 0.506. The van der Waals surface area contributed by atoms with Crippen LogP contribution in [0, 0.1) is 0 Å². The van der Waals surface area contributed by atoms with Gasteiger partial charge in [-0.25, -0.2) is 0 Å². The van der Waals surface area contributed by atoms with E-state index in [4.69, 9.17) is 13.0 Å². The second-order valence-electron chi connectivity index (χ2n) is 4.48. The zero-order valence-electron chi connectivity index (χ0n) is 9.32. The predicted molar refractivity (Wildman–Crippen MR) is 66.3 cm³/mol. The maximum Gasteiger partial charge on any atom is 0.0479 e. The quantitative estimate of drug-likeness (QED) is 0.781. The molecule has 1 nitrogen and oxygen atoms in total. The first-order valence-corrected chi connectivity index (χ1v) is 6.53. The number of benzene rings is 1. The Kier molecular flexibility index (Phi) is 2.09. The molecule has 1 atom stereocenters. The van der Waals surface area contributed by atoms with E-state index in [2.05, 4.69) is 33.4 Å². The summed E-state index contributed by atoms with van der Waals surface area (Å²) >= 11 is 9.52. The lowest BCUT2D eigenvalue weighted by Crippen LogP contribution is -2.33. The lowest BCUT2D eigenvalue weighted by molar-refractivity contribution is 0.528. The van der Waals surface area contributed by atoms with E-state index in [1.165, 1.54) is 18.4 Å². The first kappa shape index (κ1) is 9.03. The average molecular weight is 288 g/mol. The molecule has 1 aliphatic heterocycles. The lowest BCUT2D eigenvalue weighted by Gasteiger charge is -2.28. The van der Waals surface area contributed by atoms with Crippen LogP contribution < -0.4 is 5.32 Å². The standard InChI is InChI=1S/C12H13BrClN/c13-10-4-8(5-14)3-9-6-15-7-12(1-2-12)11(9)10/h3-4,15H,1-2,5-7H2/i6D. The summed E-state index contributed by atoms with van der Waals surface area (Å²) in [5.41, 5.74) is 3.84. The highest BCUT2D eigenvalue weighted by Crippen LogP contribution is 2.53. The Morgan fingerprint density at radius 3 is 3.00 bits per heavy atom. The highest BCUT2D eigenvalue weighted by atomic mass is 79.9. The molecule has 1 saturated carbocycles. The Bertz CT molecular complexity index is 445. The van der Waals surface area contributed by atoms with Crippen molar-refractivity contribution in [3.8, 4) is 0 Å². The number of nitrogens with one attached hydrogen (secondary N) is 1. The van der Waals surface area contributed by atoms with Crippen molar-refractivity contribution >= 4 is 27.5 Å². The van der Waals surface area contributed by atoms with Crippen molar-refractivity contribution in [3.05, 3.63) is 33.3 Å². The Morgan fingerprint density at radius 2 is 2.33 bits per heavy atom. The second-order valence-corrected chi connectivity index (χ2v) is 5.60. The van der Waals surface area contributed by atoms with Gasteiger partial charge in [0.1, 0.15) is 0 Å². The lowest BCUT2D eigenvalue weighted by atomic mass is 9.87. The molecule has 3 rings (SSSR count). The van der Waals surface area contributed by atoms with Gasteiger partial charge in [0.15, 0.2) is 0 Å². The topological polar surface area (TPSA) is 12.0 Å². The Hall–Kier alpha value is -0.0500. The fourth-order valence-corrected chi connectivity index (χ4v) is 3.56. The van der Waals surface area contributed by atoms with Gasteiger partial charge >= 0.3 is 0 Å². The van der Waals surface area contributed by atoms with E-state index in [0.717, 1.165) is 22.1 Å². The average Bonchev–Trinajstić information content (AvgIpc) is 3.04. The highest BCUT2D eigenvalue weighted by Gasteiger charge is 2.47. The van der Waals surface area contributed by atoms with Crippen LogP contribution in [-0.2, 0) is 17.8 Å². The fraction of sp³-hybridized carbons (Fsp3) is 0.500. The molecule has 1 aromatic carbocycles. The van der Waals surface area contributed by atoms with Crippen LogP contribution in [0.3, 0.4) is 0 Å². The molecule has 2 aliphatic rings. The number of fused-ring (bicyclic) bond motifs is 2. The number of rotatable bonds is 1. The van der Waals surface area contributed by atoms with Crippen molar-refractivity contribution in [2.24, 2.45) is 0 Å². The van der Waals surface area contributed by atoms with Crippen LogP contribution >= 0.6 is 27.5 Å². The summed E-state index contributed by atoms with van der Waals surface area (Å²) in [6, 6.07) is 4.18. The van der Waals surface area contributed by atoms with E-state index in [0.29, 0.717) is 11.3 Å². The van der Waals surface area contributed by atoms with Crippen molar-refractivity contribution in [3.63, 3.8) is 0 Å². The van der Waals surface area contributed by atoms with Crippen molar-refractivity contribution in [1.82, 2.24) is 5.32 Å². The molecule has 0 amide bonds. The molecule has 0 aromatic heterocycles. The summed E-state index contributed by atoms with van der Waals surface area (Å²) in [6.07, 6.45) is 2.47. The van der Waals surface area contributed by atoms with Gasteiger partial charge in [0.05, 0.1) is 0 Å². The maximum atomic E-state index is 8.05. The molecule has 80 valence electrons. The third-order valence-electron chi connectivity index (χ3n) is 3.42. The normalized spacial score (nSPS) is 27.3. The fourth-order valence-electron chi connectivity index (χ4n) is 2.46. The number of halogens is 2. The molecular formula is C12H13BrClN. The van der Waals surface area contributed by atoms with E-state index in [-0.39, 0.29) is 6.52 Å². The van der Waals surface area contributed by atoms with Gasteiger partial charge < -0.3 is 5.32 Å². The minimum atomic E-state index is -0.305. The first-order chi connectivity index (χ1) is 7.66. The molecular weight excluding hydrogens is 273 g/mol. The minimum absolute atomic E-state index is 0.302. The zero-order chi connectivity index (χ0) is 11.3. The van der Waals surface area contributed by atoms with Gasteiger partial charge in [-0.15, -0.1) is 11.6 Å². The van der Waals surface area contributed by atoms with Gasteiger partial charge in [0.2, 0.25) is 0 Å². The Morgan fingerprint density at radius 1 is 1.53 bits per heavy atom. The molecule has 1 aliphatic carbocycles. The van der Waals surface area contributed by atoms with Crippen LogP contribution in [0.25, 0.3) is 0 Å². The molecule has 3 heteroatoms. The smallest absolute Gasteiger partial charge is 0.0479 e. The molecule has 0 radical (unpaired) electrons. The zero-order valence-corrected chi connectivity index (χ0v) is 10.7. The molecule has 0 bridgehead atoms. The van der Waals surface area contributed by atoms with Crippen molar-refractivity contribution in [1.29, 1.82) is 0 Å². The van der Waals surface area contributed by atoms with Crippen LogP contribution in [-0.4, -0.2) is 6.54 Å². The number of hydrogen-bond donors (Lipinski definition) is 1. The summed E-state index contributed by atoms with van der Waals surface area (Å²) in [5, 5.41) is 3.27. The molecule has 0 saturated heterocycles. The number of hydrogen-bond acceptors (Lipinski definition) is 1. The largest absolute Gasteiger partial charge is 0.312 e. The van der Waals surface area contributed by atoms with Gasteiger partial charge in [-0.1, -0.05) is 22.0 Å². The molecule has 15 heavy (non-hydrogen) atoms. The van der Waals surface area contributed by atoms with Crippen LogP contribution in [0.2, 0.25) is 0 Å². The van der Waals surface area contributed by atoms with Crippen molar-refractivity contribution in [2.45, 2.75) is 30.7 Å². The third-order valence-corrected chi connectivity index (χ3v) is 4.35. The Labute approximate surface area is 105 Å². The summed E-state index contributed by atoms with van der Waals surface area (Å²) in [6.45, 7) is 0.633. The minimum Gasteiger partial charge on any atom is -0.312 e.